The van der Waals surface area contributed by atoms with E-state index in [0.29, 0.717) is 15.9 Å². The van der Waals surface area contributed by atoms with Crippen molar-refractivity contribution in [3.63, 3.8) is 0 Å². The predicted octanol–water partition coefficient (Wildman–Crippen LogP) is 7.13. The van der Waals surface area contributed by atoms with Crippen molar-refractivity contribution in [2.75, 3.05) is 17.1 Å². The maximum Gasteiger partial charge on any atom is 0.417 e. The Bertz CT molecular complexity index is 1640. The van der Waals surface area contributed by atoms with Crippen molar-refractivity contribution < 1.29 is 31.2 Å². The summed E-state index contributed by atoms with van der Waals surface area (Å²) >= 11 is 18.1. The van der Waals surface area contributed by atoms with Gasteiger partial charge < -0.3 is 10.2 Å². The zero-order valence-electron chi connectivity index (χ0n) is 24.2. The molecule has 1 saturated carbocycles. The number of nitrogens with one attached hydrogen (secondary N) is 1. The number of hydrogen-bond donors (Lipinski definition) is 1. The number of carbonyl (C=O) groups is 2. The summed E-state index contributed by atoms with van der Waals surface area (Å²) in [7, 11) is -4.29. The van der Waals surface area contributed by atoms with E-state index < -0.39 is 56.9 Å². The van der Waals surface area contributed by atoms with Gasteiger partial charge in [0.25, 0.3) is 0 Å². The molecule has 242 valence electrons. The maximum atomic E-state index is 14.2. The van der Waals surface area contributed by atoms with E-state index in [9.17, 15) is 31.2 Å². The van der Waals surface area contributed by atoms with Crippen molar-refractivity contribution in [2.24, 2.45) is 0 Å². The van der Waals surface area contributed by atoms with Crippen LogP contribution in [-0.2, 0) is 38.8 Å². The van der Waals surface area contributed by atoms with Crippen molar-refractivity contribution >= 4 is 62.3 Å². The highest BCUT2D eigenvalue weighted by atomic mass is 35.5. The Labute approximate surface area is 275 Å². The third-order valence-electron chi connectivity index (χ3n) is 7.53. The van der Waals surface area contributed by atoms with E-state index in [1.54, 1.807) is 36.4 Å². The quantitative estimate of drug-likeness (QED) is 0.230. The Balaban J connectivity index is 1.77. The molecule has 3 aromatic carbocycles. The lowest BCUT2D eigenvalue weighted by Crippen LogP contribution is -2.54. The molecule has 0 aliphatic heterocycles. The molecule has 7 nitrogen and oxygen atoms in total. The van der Waals surface area contributed by atoms with Crippen LogP contribution in [0, 0.1) is 0 Å². The van der Waals surface area contributed by atoms with E-state index in [2.05, 4.69) is 5.32 Å². The van der Waals surface area contributed by atoms with Crippen LogP contribution in [0.3, 0.4) is 0 Å². The second-order valence-corrected chi connectivity index (χ2v) is 14.0. The normalized spacial score (nSPS) is 14.6. The average Bonchev–Trinajstić information content (AvgIpc) is 3.48. The first-order chi connectivity index (χ1) is 21.1. The number of amides is 2. The number of nitrogens with zero attached hydrogens (tertiary/aromatic N) is 2. The third-order valence-corrected chi connectivity index (χ3v) is 9.74. The fraction of sp³-hybridized carbons (Fsp3) is 0.355. The van der Waals surface area contributed by atoms with Gasteiger partial charge in [0.2, 0.25) is 21.8 Å². The first-order valence-corrected chi connectivity index (χ1v) is 17.0. The Kier molecular flexibility index (Phi) is 11.3. The molecule has 14 heteroatoms. The summed E-state index contributed by atoms with van der Waals surface area (Å²) < 4.78 is 67.4. The Morgan fingerprint density at radius 1 is 0.911 bits per heavy atom. The van der Waals surface area contributed by atoms with Crippen LogP contribution < -0.4 is 9.62 Å². The molecule has 1 N–H and O–H groups in total. The monoisotopic (exact) mass is 703 g/mol. The number of sulfonamides is 1. The fourth-order valence-corrected chi connectivity index (χ4v) is 6.64. The van der Waals surface area contributed by atoms with E-state index in [-0.39, 0.29) is 29.1 Å². The molecule has 0 bridgehead atoms. The summed E-state index contributed by atoms with van der Waals surface area (Å²) in [4.78, 5) is 29.3. The highest BCUT2D eigenvalue weighted by Gasteiger charge is 2.37. The van der Waals surface area contributed by atoms with Gasteiger partial charge in [-0.05, 0) is 54.3 Å². The van der Waals surface area contributed by atoms with E-state index in [4.69, 9.17) is 34.8 Å². The summed E-state index contributed by atoms with van der Waals surface area (Å²) in [6.07, 6.45) is -0.548. The molecule has 1 aliphatic carbocycles. The van der Waals surface area contributed by atoms with Crippen LogP contribution in [0.25, 0.3) is 0 Å². The van der Waals surface area contributed by atoms with Gasteiger partial charge in [-0.25, -0.2) is 8.42 Å². The van der Waals surface area contributed by atoms with E-state index in [0.717, 1.165) is 49.6 Å². The summed E-state index contributed by atoms with van der Waals surface area (Å²) in [6.45, 7) is -1.06. The summed E-state index contributed by atoms with van der Waals surface area (Å²) in [5, 5.41) is 2.88. The van der Waals surface area contributed by atoms with E-state index in [1.807, 2.05) is 0 Å². The zero-order valence-corrected chi connectivity index (χ0v) is 27.2. The average molecular weight is 705 g/mol. The lowest BCUT2D eigenvalue weighted by atomic mass is 10.0. The molecule has 45 heavy (non-hydrogen) atoms. The highest BCUT2D eigenvalue weighted by molar-refractivity contribution is 7.92. The minimum absolute atomic E-state index is 0.0833. The van der Waals surface area contributed by atoms with Gasteiger partial charge in [-0.3, -0.25) is 13.9 Å². The van der Waals surface area contributed by atoms with Crippen molar-refractivity contribution in [1.82, 2.24) is 10.2 Å². The molecule has 3 aromatic rings. The van der Waals surface area contributed by atoms with Crippen molar-refractivity contribution in [3.8, 4) is 0 Å². The molecule has 4 rings (SSSR count). The van der Waals surface area contributed by atoms with Crippen LogP contribution in [0.5, 0.6) is 0 Å². The highest BCUT2D eigenvalue weighted by Crippen LogP contribution is 2.37. The Hall–Kier alpha value is -2.99. The molecule has 0 saturated heterocycles. The SMILES string of the molecule is CS(=O)(=O)N(CC(=O)N(Cc1ccc(Cl)c(Cl)c1)[C@H](Cc1ccccc1)C(=O)NC1CCCC1)c1ccc(Cl)c(C(F)(F)F)c1. The van der Waals surface area contributed by atoms with Gasteiger partial charge in [-0.1, -0.05) is 84.0 Å². The molecule has 1 atom stereocenters. The van der Waals surface area contributed by atoms with Crippen molar-refractivity contribution in [1.29, 1.82) is 0 Å². The van der Waals surface area contributed by atoms with Crippen LogP contribution in [0.15, 0.2) is 66.7 Å². The number of alkyl halides is 3. The van der Waals surface area contributed by atoms with E-state index in [1.165, 1.54) is 17.0 Å². The maximum absolute atomic E-state index is 14.2. The molecule has 0 unspecified atom stereocenters. The number of hydrogen-bond acceptors (Lipinski definition) is 4. The minimum atomic E-state index is -4.88. The number of rotatable bonds is 11. The first kappa shape index (κ1) is 34.9. The molecule has 0 heterocycles. The van der Waals surface area contributed by atoms with Crippen molar-refractivity contribution in [3.05, 3.63) is 98.5 Å². The molecule has 0 aromatic heterocycles. The van der Waals surface area contributed by atoms with Crippen LogP contribution in [-0.4, -0.2) is 50.0 Å². The first-order valence-electron chi connectivity index (χ1n) is 14.1. The number of carbonyl (C=O) groups excluding carboxylic acids is 2. The minimum Gasteiger partial charge on any atom is -0.352 e. The van der Waals surface area contributed by atoms with Crippen LogP contribution in [0.1, 0.15) is 42.4 Å². The molecule has 2 amide bonds. The third kappa shape index (κ3) is 9.28. The fourth-order valence-electron chi connectivity index (χ4n) is 5.26. The molecule has 1 fully saturated rings. The van der Waals surface area contributed by atoms with Gasteiger partial charge in [0, 0.05) is 19.0 Å². The molecule has 0 radical (unpaired) electrons. The van der Waals surface area contributed by atoms with Gasteiger partial charge in [0.15, 0.2) is 0 Å². The number of halogens is 6. The summed E-state index contributed by atoms with van der Waals surface area (Å²) in [6, 6.07) is 15.1. The summed E-state index contributed by atoms with van der Waals surface area (Å²) in [5.41, 5.74) is -0.426. The zero-order chi connectivity index (χ0) is 32.9. The molecular weight excluding hydrogens is 674 g/mol. The van der Waals surface area contributed by atoms with E-state index >= 15 is 0 Å². The largest absolute Gasteiger partial charge is 0.417 e. The topological polar surface area (TPSA) is 86.8 Å². The van der Waals surface area contributed by atoms with Gasteiger partial charge in [-0.2, -0.15) is 13.2 Å². The Morgan fingerprint density at radius 3 is 2.16 bits per heavy atom. The lowest BCUT2D eigenvalue weighted by Gasteiger charge is -2.34. The smallest absolute Gasteiger partial charge is 0.352 e. The molecule has 1 aliphatic rings. The second-order valence-electron chi connectivity index (χ2n) is 10.9. The van der Waals surface area contributed by atoms with Crippen molar-refractivity contribution in [2.45, 2.75) is 56.9 Å². The van der Waals surface area contributed by atoms with Crippen LogP contribution >= 0.6 is 34.8 Å². The number of benzene rings is 3. The Morgan fingerprint density at radius 2 is 1.56 bits per heavy atom. The van der Waals surface area contributed by atoms with Crippen LogP contribution in [0.4, 0.5) is 18.9 Å². The van der Waals surface area contributed by atoms with Gasteiger partial charge >= 0.3 is 6.18 Å². The van der Waals surface area contributed by atoms with Gasteiger partial charge in [0.1, 0.15) is 12.6 Å². The molecule has 0 spiro atoms. The summed E-state index contributed by atoms with van der Waals surface area (Å²) in [5.74, 6) is -1.26. The standard InChI is InChI=1S/C31H31Cl3F3N3O4S/c1-45(43,44)40(23-12-14-25(32)24(17-23)31(35,36)37)19-29(41)39(18-21-11-13-26(33)27(34)15-21)28(16-20-7-3-2-4-8-20)30(42)38-22-9-5-6-10-22/h2-4,7-8,11-15,17,22,28H,5-6,9-10,16,18-19H2,1H3,(H,38,42)/t28-/m1/s1. The van der Waals surface area contributed by atoms with Gasteiger partial charge in [-0.15, -0.1) is 0 Å². The van der Waals surface area contributed by atoms with Crippen LogP contribution in [0.2, 0.25) is 15.1 Å². The lowest BCUT2D eigenvalue weighted by molar-refractivity contribution is -0.140. The predicted molar refractivity (Wildman–Crippen MR) is 170 cm³/mol. The molecular formula is C31H31Cl3F3N3O4S. The van der Waals surface area contributed by atoms with Gasteiger partial charge in [0.05, 0.1) is 32.6 Å². The second kappa shape index (κ2) is 14.6. The number of anilines is 1.